The zero-order valence-corrected chi connectivity index (χ0v) is 7.72. The minimum absolute atomic E-state index is 0.254. The Morgan fingerprint density at radius 1 is 1.21 bits per heavy atom. The molecule has 0 aliphatic carbocycles. The van der Waals surface area contributed by atoms with Gasteiger partial charge in [0.05, 0.1) is 30.9 Å². The van der Waals surface area contributed by atoms with E-state index in [0.29, 0.717) is 6.54 Å². The molecule has 0 spiro atoms. The summed E-state index contributed by atoms with van der Waals surface area (Å²) in [5, 5.41) is 17.0. The second kappa shape index (κ2) is 5.69. The minimum Gasteiger partial charge on any atom is -0.271 e. The Kier molecular flexibility index (Phi) is 4.13. The van der Waals surface area contributed by atoms with Crippen LogP contribution in [0.5, 0.6) is 0 Å². The molecule has 4 nitrogen and oxygen atoms in total. The van der Waals surface area contributed by atoms with E-state index in [-0.39, 0.29) is 13.1 Å². The Balaban J connectivity index is 2.57. The first-order valence-corrected chi connectivity index (χ1v) is 4.23. The molecule has 0 N–H and O–H groups in total. The number of aromatic nitrogens is 1. The molecule has 0 bridgehead atoms. The molecule has 0 aliphatic heterocycles. The molecule has 0 saturated heterocycles. The van der Waals surface area contributed by atoms with E-state index >= 15 is 0 Å². The van der Waals surface area contributed by atoms with Gasteiger partial charge < -0.3 is 0 Å². The molecule has 1 rings (SSSR count). The molecule has 0 radical (unpaired) electrons. The number of nitrogens with zero attached hydrogens (tertiary/aromatic N) is 4. The number of pyridine rings is 1. The van der Waals surface area contributed by atoms with E-state index in [0.717, 1.165) is 5.69 Å². The van der Waals surface area contributed by atoms with Crippen molar-refractivity contribution in [3.05, 3.63) is 30.1 Å². The average Bonchev–Trinajstić information content (AvgIpc) is 2.20. The number of hydrogen-bond donors (Lipinski definition) is 0. The van der Waals surface area contributed by atoms with Crippen molar-refractivity contribution in [1.29, 1.82) is 10.5 Å². The third-order valence-corrected chi connectivity index (χ3v) is 1.70. The third-order valence-electron chi connectivity index (χ3n) is 1.70. The fourth-order valence-electron chi connectivity index (χ4n) is 1.09. The molecule has 1 heterocycles. The molecule has 0 aromatic carbocycles. The first-order valence-electron chi connectivity index (χ1n) is 4.23. The fourth-order valence-corrected chi connectivity index (χ4v) is 1.09. The van der Waals surface area contributed by atoms with Gasteiger partial charge in [-0.15, -0.1) is 0 Å². The normalized spacial score (nSPS) is 9.36. The molecule has 4 heteroatoms. The summed E-state index contributed by atoms with van der Waals surface area (Å²) in [4.78, 5) is 5.86. The Morgan fingerprint density at radius 2 is 1.93 bits per heavy atom. The van der Waals surface area contributed by atoms with Crippen molar-refractivity contribution in [2.24, 2.45) is 0 Å². The molecule has 70 valence electrons. The van der Waals surface area contributed by atoms with Gasteiger partial charge in [0.1, 0.15) is 0 Å². The van der Waals surface area contributed by atoms with Gasteiger partial charge in [0.15, 0.2) is 0 Å². The van der Waals surface area contributed by atoms with Crippen molar-refractivity contribution in [1.82, 2.24) is 9.88 Å². The second-order valence-corrected chi connectivity index (χ2v) is 2.78. The van der Waals surface area contributed by atoms with E-state index in [4.69, 9.17) is 10.5 Å². The average molecular weight is 186 g/mol. The highest BCUT2D eigenvalue weighted by atomic mass is 15.1. The summed E-state index contributed by atoms with van der Waals surface area (Å²) in [6, 6.07) is 9.64. The summed E-state index contributed by atoms with van der Waals surface area (Å²) in [7, 11) is 0. The molecular formula is C10H10N4. The van der Waals surface area contributed by atoms with E-state index in [9.17, 15) is 0 Å². The molecule has 0 unspecified atom stereocenters. The maximum Gasteiger partial charge on any atom is 0.0877 e. The summed E-state index contributed by atoms with van der Waals surface area (Å²) >= 11 is 0. The third kappa shape index (κ3) is 3.22. The number of hydrogen-bond acceptors (Lipinski definition) is 4. The SMILES string of the molecule is N#CCN(CC#N)Cc1ccccn1. The standard InChI is InChI=1S/C10H10N4/c11-4-7-14(8-5-12)9-10-3-1-2-6-13-10/h1-3,6H,7-9H2. The summed E-state index contributed by atoms with van der Waals surface area (Å²) in [5.41, 5.74) is 0.873. The van der Waals surface area contributed by atoms with Gasteiger partial charge >= 0.3 is 0 Å². The van der Waals surface area contributed by atoms with Crippen molar-refractivity contribution >= 4 is 0 Å². The van der Waals surface area contributed by atoms with E-state index in [1.165, 1.54) is 0 Å². The van der Waals surface area contributed by atoms with Gasteiger partial charge in [-0.1, -0.05) is 6.07 Å². The quantitative estimate of drug-likeness (QED) is 0.656. The van der Waals surface area contributed by atoms with Gasteiger partial charge in [-0.3, -0.25) is 9.88 Å². The molecule has 0 aliphatic rings. The fraction of sp³-hybridized carbons (Fsp3) is 0.300. The van der Waals surface area contributed by atoms with E-state index in [1.807, 2.05) is 30.3 Å². The van der Waals surface area contributed by atoms with E-state index in [2.05, 4.69) is 4.98 Å². The lowest BCUT2D eigenvalue weighted by Gasteiger charge is -2.13. The molecule has 1 aromatic rings. The van der Waals surface area contributed by atoms with Crippen LogP contribution in [0, 0.1) is 22.7 Å². The summed E-state index contributed by atoms with van der Waals surface area (Å²) in [6.45, 7) is 1.05. The zero-order chi connectivity index (χ0) is 10.2. The predicted molar refractivity (Wildman–Crippen MR) is 50.7 cm³/mol. The smallest absolute Gasteiger partial charge is 0.0877 e. The number of nitriles is 2. The maximum atomic E-state index is 8.52. The summed E-state index contributed by atoms with van der Waals surface area (Å²) in [6.07, 6.45) is 1.70. The highest BCUT2D eigenvalue weighted by Crippen LogP contribution is 1.99. The van der Waals surface area contributed by atoms with E-state index < -0.39 is 0 Å². The zero-order valence-electron chi connectivity index (χ0n) is 7.72. The Hall–Kier alpha value is -1.91. The largest absolute Gasteiger partial charge is 0.271 e. The van der Waals surface area contributed by atoms with Gasteiger partial charge in [-0.2, -0.15) is 10.5 Å². The lowest BCUT2D eigenvalue weighted by atomic mass is 10.3. The van der Waals surface area contributed by atoms with Crippen molar-refractivity contribution < 1.29 is 0 Å². The first-order chi connectivity index (χ1) is 6.86. The van der Waals surface area contributed by atoms with Crippen molar-refractivity contribution in [2.75, 3.05) is 13.1 Å². The number of rotatable bonds is 4. The van der Waals surface area contributed by atoms with Gasteiger partial charge in [0.2, 0.25) is 0 Å². The van der Waals surface area contributed by atoms with Crippen LogP contribution in [0.2, 0.25) is 0 Å². The molecule has 14 heavy (non-hydrogen) atoms. The predicted octanol–water partition coefficient (Wildman–Crippen LogP) is 0.931. The molecule has 0 saturated carbocycles. The Labute approximate surface area is 83.0 Å². The van der Waals surface area contributed by atoms with Gasteiger partial charge in [0.25, 0.3) is 0 Å². The molecular weight excluding hydrogens is 176 g/mol. The van der Waals surface area contributed by atoms with Gasteiger partial charge in [-0.05, 0) is 12.1 Å². The maximum absolute atomic E-state index is 8.52. The first kappa shape index (κ1) is 10.2. The van der Waals surface area contributed by atoms with Gasteiger partial charge in [-0.25, -0.2) is 0 Å². The van der Waals surface area contributed by atoms with Gasteiger partial charge in [0, 0.05) is 12.7 Å². The second-order valence-electron chi connectivity index (χ2n) is 2.78. The monoisotopic (exact) mass is 186 g/mol. The molecule has 1 aromatic heterocycles. The van der Waals surface area contributed by atoms with Crippen LogP contribution in [-0.2, 0) is 6.54 Å². The topological polar surface area (TPSA) is 63.7 Å². The van der Waals surface area contributed by atoms with Crippen molar-refractivity contribution in [3.8, 4) is 12.1 Å². The molecule has 0 amide bonds. The lowest BCUT2D eigenvalue weighted by Crippen LogP contribution is -2.24. The Morgan fingerprint density at radius 3 is 2.43 bits per heavy atom. The Bertz CT molecular complexity index is 331. The van der Waals surface area contributed by atoms with Crippen molar-refractivity contribution in [2.45, 2.75) is 6.54 Å². The van der Waals surface area contributed by atoms with Crippen LogP contribution in [0.4, 0.5) is 0 Å². The lowest BCUT2D eigenvalue weighted by molar-refractivity contribution is 0.330. The van der Waals surface area contributed by atoms with Crippen LogP contribution in [-0.4, -0.2) is 23.0 Å². The molecule has 0 atom stereocenters. The minimum atomic E-state index is 0.254. The van der Waals surface area contributed by atoms with Crippen LogP contribution in [0.1, 0.15) is 5.69 Å². The van der Waals surface area contributed by atoms with Crippen LogP contribution >= 0.6 is 0 Å². The van der Waals surface area contributed by atoms with Crippen LogP contribution in [0.3, 0.4) is 0 Å². The highest BCUT2D eigenvalue weighted by molar-refractivity contribution is 5.04. The summed E-state index contributed by atoms with van der Waals surface area (Å²) < 4.78 is 0. The summed E-state index contributed by atoms with van der Waals surface area (Å²) in [5.74, 6) is 0. The van der Waals surface area contributed by atoms with Crippen molar-refractivity contribution in [3.63, 3.8) is 0 Å². The van der Waals surface area contributed by atoms with Crippen LogP contribution in [0.25, 0.3) is 0 Å². The van der Waals surface area contributed by atoms with Crippen LogP contribution < -0.4 is 0 Å². The van der Waals surface area contributed by atoms with Crippen LogP contribution in [0.15, 0.2) is 24.4 Å². The molecule has 0 fully saturated rings. The highest BCUT2D eigenvalue weighted by Gasteiger charge is 2.04. The van der Waals surface area contributed by atoms with E-state index in [1.54, 1.807) is 11.1 Å².